The van der Waals surface area contributed by atoms with Gasteiger partial charge in [0, 0.05) is 19.6 Å². The highest BCUT2D eigenvalue weighted by molar-refractivity contribution is 5.75. The minimum atomic E-state index is 0.0212. The molecule has 0 aliphatic heterocycles. The van der Waals surface area contributed by atoms with E-state index in [0.29, 0.717) is 26.0 Å². The summed E-state index contributed by atoms with van der Waals surface area (Å²) < 4.78 is 5.71. The lowest BCUT2D eigenvalue weighted by Crippen LogP contribution is -2.29. The fourth-order valence-corrected chi connectivity index (χ4v) is 2.50. The molecule has 0 aromatic heterocycles. The van der Waals surface area contributed by atoms with Crippen molar-refractivity contribution in [1.29, 1.82) is 0 Å². The summed E-state index contributed by atoms with van der Waals surface area (Å²) in [7, 11) is 0. The smallest absolute Gasteiger partial charge is 0.220 e. The average Bonchev–Trinajstić information content (AvgIpc) is 2.96. The maximum Gasteiger partial charge on any atom is 0.220 e. The first-order valence-corrected chi connectivity index (χ1v) is 7.81. The average molecular weight is 291 g/mol. The normalized spacial score (nSPS) is 14.6. The number of ether oxygens (including phenoxy) is 1. The van der Waals surface area contributed by atoms with Gasteiger partial charge in [-0.05, 0) is 54.9 Å². The van der Waals surface area contributed by atoms with Crippen LogP contribution < -0.4 is 10.1 Å². The SMILES string of the molecule is CC(CO)CNC(=O)CCCOc1ccc2c(c1)CCC2. The van der Waals surface area contributed by atoms with Crippen molar-refractivity contribution < 1.29 is 14.6 Å². The summed E-state index contributed by atoms with van der Waals surface area (Å²) in [5.74, 6) is 1.04. The Hall–Kier alpha value is -1.55. The van der Waals surface area contributed by atoms with Gasteiger partial charge in [0.05, 0.1) is 6.61 Å². The van der Waals surface area contributed by atoms with Gasteiger partial charge in [0.2, 0.25) is 5.91 Å². The van der Waals surface area contributed by atoms with Crippen LogP contribution in [0.25, 0.3) is 0 Å². The zero-order valence-electron chi connectivity index (χ0n) is 12.7. The number of aryl methyl sites for hydroxylation is 2. The summed E-state index contributed by atoms with van der Waals surface area (Å²) in [4.78, 5) is 11.6. The van der Waals surface area contributed by atoms with E-state index in [1.54, 1.807) is 0 Å². The fraction of sp³-hybridized carbons (Fsp3) is 0.588. The highest BCUT2D eigenvalue weighted by atomic mass is 16.5. The van der Waals surface area contributed by atoms with Crippen LogP contribution in [-0.4, -0.2) is 30.8 Å². The standard InChI is InChI=1S/C17H25NO3/c1-13(12-19)11-18-17(20)6-3-9-21-16-8-7-14-4-2-5-15(14)10-16/h7-8,10,13,19H,2-6,9,11-12H2,1H3,(H,18,20). The van der Waals surface area contributed by atoms with E-state index in [9.17, 15) is 4.79 Å². The molecular formula is C17H25NO3. The summed E-state index contributed by atoms with van der Waals surface area (Å²) in [6, 6.07) is 6.30. The van der Waals surface area contributed by atoms with Crippen LogP contribution in [0.15, 0.2) is 18.2 Å². The van der Waals surface area contributed by atoms with Gasteiger partial charge in [-0.3, -0.25) is 4.79 Å². The van der Waals surface area contributed by atoms with Gasteiger partial charge in [0.25, 0.3) is 0 Å². The van der Waals surface area contributed by atoms with Crippen LogP contribution in [0.2, 0.25) is 0 Å². The van der Waals surface area contributed by atoms with Gasteiger partial charge in [-0.15, -0.1) is 0 Å². The van der Waals surface area contributed by atoms with E-state index in [2.05, 4.69) is 17.4 Å². The van der Waals surface area contributed by atoms with Crippen LogP contribution in [0.5, 0.6) is 5.75 Å². The van der Waals surface area contributed by atoms with E-state index >= 15 is 0 Å². The molecule has 0 saturated heterocycles. The van der Waals surface area contributed by atoms with E-state index in [0.717, 1.165) is 12.2 Å². The first-order valence-electron chi connectivity index (χ1n) is 7.81. The minimum Gasteiger partial charge on any atom is -0.494 e. The fourth-order valence-electron chi connectivity index (χ4n) is 2.50. The maximum absolute atomic E-state index is 11.6. The highest BCUT2D eigenvalue weighted by Gasteiger charge is 2.11. The third kappa shape index (κ3) is 5.05. The number of carbonyl (C=O) groups is 1. The van der Waals surface area contributed by atoms with Gasteiger partial charge in [0.1, 0.15) is 5.75 Å². The van der Waals surface area contributed by atoms with Gasteiger partial charge in [-0.2, -0.15) is 0 Å². The molecule has 0 radical (unpaired) electrons. The Bertz CT molecular complexity index is 473. The number of aliphatic hydroxyl groups excluding tert-OH is 1. The molecule has 1 aliphatic carbocycles. The largest absolute Gasteiger partial charge is 0.494 e. The second-order valence-electron chi connectivity index (χ2n) is 5.83. The van der Waals surface area contributed by atoms with Crippen molar-refractivity contribution in [3.8, 4) is 5.75 Å². The first-order chi connectivity index (χ1) is 10.2. The predicted octanol–water partition coefficient (Wildman–Crippen LogP) is 2.08. The predicted molar refractivity (Wildman–Crippen MR) is 82.5 cm³/mol. The molecule has 0 saturated carbocycles. The van der Waals surface area contributed by atoms with Crippen molar-refractivity contribution in [3.63, 3.8) is 0 Å². The van der Waals surface area contributed by atoms with Gasteiger partial charge >= 0.3 is 0 Å². The number of rotatable bonds is 8. The van der Waals surface area contributed by atoms with E-state index in [-0.39, 0.29) is 18.4 Å². The number of hydrogen-bond acceptors (Lipinski definition) is 3. The van der Waals surface area contributed by atoms with E-state index in [4.69, 9.17) is 9.84 Å². The second kappa shape index (κ2) is 8.03. The summed E-state index contributed by atoms with van der Waals surface area (Å²) in [6.07, 6.45) is 4.74. The van der Waals surface area contributed by atoms with Gasteiger partial charge in [0.15, 0.2) is 0 Å². The maximum atomic E-state index is 11.6. The van der Waals surface area contributed by atoms with Gasteiger partial charge < -0.3 is 15.2 Å². The highest BCUT2D eigenvalue weighted by Crippen LogP contribution is 2.26. The minimum absolute atomic E-state index is 0.0212. The van der Waals surface area contributed by atoms with Crippen molar-refractivity contribution in [3.05, 3.63) is 29.3 Å². The molecule has 4 nitrogen and oxygen atoms in total. The van der Waals surface area contributed by atoms with Crippen LogP contribution in [-0.2, 0) is 17.6 Å². The number of benzene rings is 1. The van der Waals surface area contributed by atoms with Gasteiger partial charge in [-0.1, -0.05) is 13.0 Å². The summed E-state index contributed by atoms with van der Waals surface area (Å²) in [6.45, 7) is 3.09. The molecule has 1 unspecified atom stereocenters. The molecule has 0 heterocycles. The zero-order chi connectivity index (χ0) is 15.1. The van der Waals surface area contributed by atoms with Gasteiger partial charge in [-0.25, -0.2) is 0 Å². The van der Waals surface area contributed by atoms with E-state index in [1.165, 1.54) is 24.0 Å². The Balaban J connectivity index is 1.62. The molecule has 1 aliphatic rings. The molecule has 0 spiro atoms. The van der Waals surface area contributed by atoms with Crippen LogP contribution in [0.1, 0.15) is 37.3 Å². The Morgan fingerprint density at radius 1 is 1.38 bits per heavy atom. The topological polar surface area (TPSA) is 58.6 Å². The number of fused-ring (bicyclic) bond motifs is 1. The molecule has 2 N–H and O–H groups in total. The van der Waals surface area contributed by atoms with Crippen molar-refractivity contribution in [1.82, 2.24) is 5.32 Å². The Kier molecular flexibility index (Phi) is 6.05. The number of aliphatic hydroxyl groups is 1. The molecule has 1 atom stereocenters. The van der Waals surface area contributed by atoms with Crippen LogP contribution in [0.4, 0.5) is 0 Å². The monoisotopic (exact) mass is 291 g/mol. The summed E-state index contributed by atoms with van der Waals surface area (Å²) in [5.41, 5.74) is 2.85. The Morgan fingerprint density at radius 3 is 3.00 bits per heavy atom. The molecule has 1 amide bonds. The molecule has 1 aromatic rings. The molecule has 116 valence electrons. The molecule has 21 heavy (non-hydrogen) atoms. The molecule has 0 fully saturated rings. The third-order valence-electron chi connectivity index (χ3n) is 3.85. The van der Waals surface area contributed by atoms with Crippen LogP contribution in [0.3, 0.4) is 0 Å². The lowest BCUT2D eigenvalue weighted by molar-refractivity contribution is -0.121. The Labute approximate surface area is 126 Å². The third-order valence-corrected chi connectivity index (χ3v) is 3.85. The van der Waals surface area contributed by atoms with Crippen molar-refractivity contribution >= 4 is 5.91 Å². The van der Waals surface area contributed by atoms with E-state index in [1.807, 2.05) is 13.0 Å². The summed E-state index contributed by atoms with van der Waals surface area (Å²) in [5, 5.41) is 11.7. The van der Waals surface area contributed by atoms with Crippen molar-refractivity contribution in [2.24, 2.45) is 5.92 Å². The van der Waals surface area contributed by atoms with Crippen molar-refractivity contribution in [2.75, 3.05) is 19.8 Å². The van der Waals surface area contributed by atoms with Crippen LogP contribution in [0, 0.1) is 5.92 Å². The molecular weight excluding hydrogens is 266 g/mol. The summed E-state index contributed by atoms with van der Waals surface area (Å²) >= 11 is 0. The molecule has 0 bridgehead atoms. The quantitative estimate of drug-likeness (QED) is 0.721. The molecule has 2 rings (SSSR count). The van der Waals surface area contributed by atoms with Crippen LogP contribution >= 0.6 is 0 Å². The Morgan fingerprint density at radius 2 is 2.19 bits per heavy atom. The number of carbonyl (C=O) groups excluding carboxylic acids is 1. The lowest BCUT2D eigenvalue weighted by Gasteiger charge is -2.10. The lowest BCUT2D eigenvalue weighted by atomic mass is 10.1. The second-order valence-corrected chi connectivity index (χ2v) is 5.83. The zero-order valence-corrected chi connectivity index (χ0v) is 12.7. The first kappa shape index (κ1) is 15.8. The molecule has 1 aromatic carbocycles. The molecule has 4 heteroatoms. The van der Waals surface area contributed by atoms with Crippen molar-refractivity contribution in [2.45, 2.75) is 39.0 Å². The van der Waals surface area contributed by atoms with E-state index < -0.39 is 0 Å². The number of nitrogens with one attached hydrogen (secondary N) is 1. The number of amides is 1. The number of hydrogen-bond donors (Lipinski definition) is 2.